The van der Waals surface area contributed by atoms with Crippen molar-refractivity contribution in [2.45, 2.75) is 35.9 Å². The number of benzene rings is 4. The topological polar surface area (TPSA) is 185 Å². The van der Waals surface area contributed by atoms with Crippen LogP contribution in [-0.4, -0.2) is 70.8 Å². The van der Waals surface area contributed by atoms with Crippen LogP contribution in [0.3, 0.4) is 0 Å². The largest absolute Gasteiger partial charge is 0.497 e. The molecule has 0 saturated carbocycles. The molecule has 15 heteroatoms. The van der Waals surface area contributed by atoms with E-state index >= 15 is 0 Å². The highest BCUT2D eigenvalue weighted by Crippen LogP contribution is 2.49. The fourth-order valence-electron chi connectivity index (χ4n) is 6.59. The highest BCUT2D eigenvalue weighted by atomic mass is 31.1. The number of hydrogen-bond acceptors (Lipinski definition) is 11. The van der Waals surface area contributed by atoms with Crippen molar-refractivity contribution in [2.24, 2.45) is 0 Å². The quantitative estimate of drug-likeness (QED) is 0.0648. The van der Waals surface area contributed by atoms with Gasteiger partial charge in [-0.15, -0.1) is 0 Å². The van der Waals surface area contributed by atoms with E-state index in [9.17, 15) is 28.9 Å². The number of carbonyl (C=O) groups excluding carboxylic acids is 1. The molecule has 0 spiro atoms. The molecule has 14 nitrogen and oxygen atoms in total. The zero-order valence-electron chi connectivity index (χ0n) is 28.8. The van der Waals surface area contributed by atoms with E-state index < -0.39 is 61.2 Å². The summed E-state index contributed by atoms with van der Waals surface area (Å²) in [6, 6.07) is 32.0. The van der Waals surface area contributed by atoms with E-state index in [1.165, 1.54) is 26.4 Å². The van der Waals surface area contributed by atoms with Gasteiger partial charge in [-0.2, -0.15) is 0 Å². The number of methoxy groups -OCH3 is 3. The number of carbonyl (C=O) groups is 1. The molecule has 1 saturated heterocycles. The third-order valence-electron chi connectivity index (χ3n) is 9.06. The molecule has 2 unspecified atom stereocenters. The van der Waals surface area contributed by atoms with Gasteiger partial charge in [-0.3, -0.25) is 28.2 Å². The van der Waals surface area contributed by atoms with E-state index in [1.807, 2.05) is 6.07 Å². The predicted molar refractivity (Wildman–Crippen MR) is 191 cm³/mol. The Bertz CT molecular complexity index is 2110. The van der Waals surface area contributed by atoms with Gasteiger partial charge in [0.1, 0.15) is 17.1 Å². The molecule has 1 fully saturated rings. The summed E-state index contributed by atoms with van der Waals surface area (Å²) >= 11 is 0. The summed E-state index contributed by atoms with van der Waals surface area (Å²) < 4.78 is 48.7. The Morgan fingerprint density at radius 2 is 1.36 bits per heavy atom. The van der Waals surface area contributed by atoms with Crippen molar-refractivity contribution in [2.75, 3.05) is 21.3 Å². The van der Waals surface area contributed by atoms with E-state index in [2.05, 4.69) is 4.98 Å². The minimum Gasteiger partial charge on any atom is -0.497 e. The zero-order chi connectivity index (χ0) is 37.8. The van der Waals surface area contributed by atoms with E-state index in [4.69, 9.17) is 28.2 Å². The minimum atomic E-state index is -4.01. The number of rotatable bonds is 14. The smallest absolute Gasteiger partial charge is 0.330 e. The molecule has 1 aliphatic heterocycles. The second-order valence-electron chi connectivity index (χ2n) is 12.0. The molecule has 6 rings (SSSR count). The summed E-state index contributed by atoms with van der Waals surface area (Å²) in [7, 11) is 0.193. The Kier molecular flexibility index (Phi) is 11.2. The third-order valence-corrected chi connectivity index (χ3v) is 9.56. The number of ketones is 1. The van der Waals surface area contributed by atoms with Gasteiger partial charge in [-0.1, -0.05) is 84.9 Å². The molecule has 0 aliphatic carbocycles. The molecule has 5 aromatic rings. The second kappa shape index (κ2) is 15.8. The summed E-state index contributed by atoms with van der Waals surface area (Å²) in [5.74, 6) is -2.55. The van der Waals surface area contributed by atoms with Gasteiger partial charge in [0, 0.05) is 24.9 Å². The molecular weight excluding hydrogens is 707 g/mol. The number of Topliss-reactive ketones (excluding diaryl/α,β-unsaturated/α-hetero) is 1. The van der Waals surface area contributed by atoms with Crippen LogP contribution >= 0.6 is 8.25 Å². The Hall–Kier alpha value is -5.18. The first-order valence-electron chi connectivity index (χ1n) is 16.3. The molecule has 53 heavy (non-hydrogen) atoms. The lowest BCUT2D eigenvalue weighted by Crippen LogP contribution is -2.58. The molecule has 0 amide bonds. The first-order valence-corrected chi connectivity index (χ1v) is 17.6. The molecule has 276 valence electrons. The first kappa shape index (κ1) is 37.6. The van der Waals surface area contributed by atoms with Crippen molar-refractivity contribution >= 4 is 14.0 Å². The molecule has 0 radical (unpaired) electrons. The van der Waals surface area contributed by atoms with Gasteiger partial charge < -0.3 is 33.7 Å². The van der Waals surface area contributed by atoms with E-state index in [-0.39, 0.29) is 5.56 Å². The number of aromatic amines is 1. The average Bonchev–Trinajstić information content (AvgIpc) is 3.46. The van der Waals surface area contributed by atoms with Crippen LogP contribution in [-0.2, 0) is 28.9 Å². The van der Waals surface area contributed by atoms with Gasteiger partial charge in [0.2, 0.25) is 5.79 Å². The fraction of sp³-hybridized carbons (Fsp3) is 0.237. The monoisotopic (exact) mass is 744 g/mol. The lowest BCUT2D eigenvalue weighted by molar-refractivity contribution is -0.239. The first-order chi connectivity index (χ1) is 25.5. The fourth-order valence-corrected chi connectivity index (χ4v) is 7.10. The number of aromatic nitrogens is 2. The Labute approximate surface area is 304 Å². The van der Waals surface area contributed by atoms with Crippen LogP contribution < -0.4 is 20.7 Å². The maximum Gasteiger partial charge on any atom is 0.330 e. The number of nitrogens with one attached hydrogen (secondary N) is 1. The van der Waals surface area contributed by atoms with Crippen LogP contribution in [0.15, 0.2) is 131 Å². The van der Waals surface area contributed by atoms with Crippen LogP contribution in [0.2, 0.25) is 0 Å². The maximum atomic E-state index is 14.9. The number of nitrogens with zero attached hydrogens (tertiary/aromatic N) is 1. The van der Waals surface area contributed by atoms with Gasteiger partial charge in [0.25, 0.3) is 5.56 Å². The minimum absolute atomic E-state index is 0.130. The number of hydrogen-bond donors (Lipinski definition) is 3. The predicted octanol–water partition coefficient (Wildman–Crippen LogP) is 3.81. The molecule has 6 atom stereocenters. The van der Waals surface area contributed by atoms with E-state index in [0.29, 0.717) is 28.2 Å². The van der Waals surface area contributed by atoms with Crippen molar-refractivity contribution in [3.05, 3.63) is 165 Å². The summed E-state index contributed by atoms with van der Waals surface area (Å²) in [5, 5.41) is 12.4. The number of ether oxygens (including phenoxy) is 5. The van der Waals surface area contributed by atoms with Crippen LogP contribution in [0.5, 0.6) is 11.5 Å². The third kappa shape index (κ3) is 7.26. The molecular formula is C38H37N2O12P. The van der Waals surface area contributed by atoms with E-state index in [0.717, 1.165) is 23.9 Å². The Morgan fingerprint density at radius 3 is 1.85 bits per heavy atom. The van der Waals surface area contributed by atoms with Gasteiger partial charge in [-0.05, 0) is 41.0 Å². The summed E-state index contributed by atoms with van der Waals surface area (Å²) in [6.45, 7) is 0. The van der Waals surface area contributed by atoms with Crippen molar-refractivity contribution in [1.29, 1.82) is 0 Å². The van der Waals surface area contributed by atoms with E-state index in [1.54, 1.807) is 91.0 Å². The van der Waals surface area contributed by atoms with Crippen LogP contribution in [0, 0.1) is 0 Å². The molecule has 0 bridgehead atoms. The summed E-state index contributed by atoms with van der Waals surface area (Å²) in [4.78, 5) is 52.2. The van der Waals surface area contributed by atoms with Gasteiger partial charge in [0.15, 0.2) is 30.3 Å². The van der Waals surface area contributed by atoms with Crippen molar-refractivity contribution in [3.63, 3.8) is 0 Å². The molecule has 1 aromatic heterocycles. The van der Waals surface area contributed by atoms with Crippen LogP contribution in [0.25, 0.3) is 0 Å². The highest BCUT2D eigenvalue weighted by molar-refractivity contribution is 7.32. The number of aliphatic hydroxyl groups is 1. The standard InChI is InChI=1S/C38H37N2O12P/c1-47-28-18-14-26(15-19-28)37(25-12-8-5-9-13-25,27-16-20-29(48-2)21-17-27)51-32(31(42)24-10-6-4-7-11-24)33-38(44,52-53(45)46)34(49-3)35(50-33)40-23-22-30(41)39-36(40)43/h4-23,32-35,44,53H,1-3H3,(H,45,46)(H,39,41,43)/t32?,33-,34+,35-,38-/m1/s1. The molecule has 1 aliphatic rings. The van der Waals surface area contributed by atoms with Crippen molar-refractivity contribution in [1.82, 2.24) is 9.55 Å². The molecule has 4 aromatic carbocycles. The van der Waals surface area contributed by atoms with Gasteiger partial charge in [-0.25, -0.2) is 4.79 Å². The normalized spacial score (nSPS) is 21.1. The molecule has 2 heterocycles. The number of H-pyrrole nitrogens is 1. The lowest BCUT2D eigenvalue weighted by Gasteiger charge is -2.42. The van der Waals surface area contributed by atoms with Gasteiger partial charge in [0.05, 0.1) is 14.2 Å². The van der Waals surface area contributed by atoms with Crippen LogP contribution in [0.4, 0.5) is 0 Å². The average molecular weight is 745 g/mol. The van der Waals surface area contributed by atoms with Crippen molar-refractivity contribution < 1.29 is 47.6 Å². The van der Waals surface area contributed by atoms with Crippen LogP contribution in [0.1, 0.15) is 33.3 Å². The lowest BCUT2D eigenvalue weighted by atomic mass is 9.79. The van der Waals surface area contributed by atoms with Crippen molar-refractivity contribution in [3.8, 4) is 11.5 Å². The zero-order valence-corrected chi connectivity index (χ0v) is 29.8. The SMILES string of the molecule is COc1ccc(C(OC(C(=O)c2ccccc2)[C@H]2O[C@@H](n3ccc(=O)[nH]c3=O)[C@H](OC)[C@]2(O)O[PH](=O)O)(c2ccccc2)c2ccc(OC)cc2)cc1. The Balaban J connectivity index is 1.65. The molecule has 3 N–H and O–H groups in total. The summed E-state index contributed by atoms with van der Waals surface area (Å²) in [6.07, 6.45) is -6.05. The Morgan fingerprint density at radius 1 is 0.830 bits per heavy atom. The maximum absolute atomic E-state index is 14.9. The second-order valence-corrected chi connectivity index (χ2v) is 12.7. The van der Waals surface area contributed by atoms with Gasteiger partial charge >= 0.3 is 13.9 Å². The summed E-state index contributed by atoms with van der Waals surface area (Å²) in [5.41, 5.74) is -1.66. The highest BCUT2D eigenvalue weighted by Gasteiger charge is 2.64.